The first-order valence-electron chi connectivity index (χ1n) is 14.2. The number of nitriles is 1. The predicted octanol–water partition coefficient (Wildman–Crippen LogP) is 5.13. The van der Waals surface area contributed by atoms with Crippen LogP contribution in [0.1, 0.15) is 40.7 Å². The van der Waals surface area contributed by atoms with Gasteiger partial charge >= 0.3 is 6.03 Å². The van der Waals surface area contributed by atoms with E-state index in [9.17, 15) is 9.90 Å². The molecule has 3 N–H and O–H groups in total. The number of fused-ring (bicyclic) bond motifs is 2. The molecule has 2 aromatic carbocycles. The molecule has 10 heteroatoms. The van der Waals surface area contributed by atoms with E-state index in [-0.39, 0.29) is 6.03 Å². The Morgan fingerprint density at radius 1 is 1.14 bits per heavy atom. The van der Waals surface area contributed by atoms with Gasteiger partial charge in [0.2, 0.25) is 0 Å². The van der Waals surface area contributed by atoms with Crippen LogP contribution in [-0.4, -0.2) is 62.4 Å². The monoisotopic (exact) mass is 595 g/mol. The zero-order valence-electron chi connectivity index (χ0n) is 24.2. The number of pyridine rings is 1. The summed E-state index contributed by atoms with van der Waals surface area (Å²) in [5.41, 5.74) is 5.16. The maximum absolute atomic E-state index is 11.8. The van der Waals surface area contributed by atoms with Gasteiger partial charge in [-0.3, -0.25) is 4.98 Å². The minimum Gasteiger partial charge on any atom is -0.384 e. The number of carbonyl (C=O) groups excluding carboxylic acids is 1. The van der Waals surface area contributed by atoms with Gasteiger partial charge in [0, 0.05) is 61.9 Å². The van der Waals surface area contributed by atoms with E-state index in [2.05, 4.69) is 20.6 Å². The average Bonchev–Trinajstić information content (AvgIpc) is 3.32. The number of rotatable bonds is 4. The summed E-state index contributed by atoms with van der Waals surface area (Å²) in [4.78, 5) is 22.4. The molecule has 2 aromatic heterocycles. The first kappa shape index (κ1) is 30.0. The maximum atomic E-state index is 11.8. The molecule has 4 aromatic rings. The number of halogens is 1. The lowest BCUT2D eigenvalue weighted by Gasteiger charge is -2.29. The molecule has 1 atom stereocenters. The van der Waals surface area contributed by atoms with Crippen LogP contribution in [0.15, 0.2) is 73.2 Å². The van der Waals surface area contributed by atoms with Crippen molar-refractivity contribution in [2.75, 3.05) is 31.5 Å². The van der Waals surface area contributed by atoms with Crippen molar-refractivity contribution in [1.29, 1.82) is 5.26 Å². The van der Waals surface area contributed by atoms with Gasteiger partial charge in [0.05, 0.1) is 23.9 Å². The average molecular weight is 596 g/mol. The number of benzene rings is 2. The van der Waals surface area contributed by atoms with Gasteiger partial charge in [-0.2, -0.15) is 5.26 Å². The van der Waals surface area contributed by atoms with E-state index >= 15 is 0 Å². The number of amides is 2. The number of aryl methyl sites for hydroxylation is 1. The van der Waals surface area contributed by atoms with E-state index in [1.54, 1.807) is 41.6 Å². The number of hydrogen-bond donors (Lipinski definition) is 3. The first-order chi connectivity index (χ1) is 20.7. The molecule has 220 valence electrons. The second kappa shape index (κ2) is 13.2. The quantitative estimate of drug-likeness (QED) is 0.301. The Labute approximate surface area is 256 Å². The minimum absolute atomic E-state index is 0.0868. The molecule has 0 spiro atoms. The lowest BCUT2D eigenvalue weighted by atomic mass is 9.86. The van der Waals surface area contributed by atoms with Crippen LogP contribution in [0.2, 0.25) is 5.02 Å². The van der Waals surface area contributed by atoms with Crippen LogP contribution in [0, 0.1) is 18.3 Å². The Bertz CT molecular complexity index is 1670. The SMILES string of the molecule is Cc1nccn1CC(C)(O)C1=Cc2cccnc2Cc2ccc(Cl)cc21.N#Cc1ccc(NC(=O)N2CCNCC2)cc1. The number of urea groups is 1. The zero-order chi connectivity index (χ0) is 30.4. The highest BCUT2D eigenvalue weighted by Crippen LogP contribution is 2.38. The number of nitrogens with zero attached hydrogens (tertiary/aromatic N) is 5. The lowest BCUT2D eigenvalue weighted by Crippen LogP contribution is -2.48. The molecule has 6 rings (SSSR count). The Hall–Kier alpha value is -4.49. The fourth-order valence-electron chi connectivity index (χ4n) is 5.23. The van der Waals surface area contributed by atoms with Crippen molar-refractivity contribution >= 4 is 35.0 Å². The van der Waals surface area contributed by atoms with Crippen molar-refractivity contribution < 1.29 is 9.90 Å². The standard InChI is InChI=1S/C21H20ClN3O.C12H14N4O/c1-14-23-8-9-25(14)13-21(2,26)19-10-16-4-3-7-24-20(16)11-15-5-6-17(22)12-18(15)19;13-9-10-1-3-11(4-2-10)15-12(17)16-7-5-14-6-8-16/h3-10,12,26H,11,13H2,1-2H3;1-4,14H,5-8H2,(H,15,17). The van der Waals surface area contributed by atoms with Crippen molar-refractivity contribution in [2.24, 2.45) is 0 Å². The van der Waals surface area contributed by atoms with Gasteiger partial charge in [-0.05, 0) is 84.7 Å². The summed E-state index contributed by atoms with van der Waals surface area (Å²) < 4.78 is 1.96. The molecule has 1 fully saturated rings. The summed E-state index contributed by atoms with van der Waals surface area (Å²) in [5.74, 6) is 0.868. The van der Waals surface area contributed by atoms with Gasteiger partial charge in [-0.25, -0.2) is 9.78 Å². The van der Waals surface area contributed by atoms with Crippen molar-refractivity contribution in [3.05, 3.63) is 112 Å². The van der Waals surface area contributed by atoms with Crippen LogP contribution in [0.3, 0.4) is 0 Å². The highest BCUT2D eigenvalue weighted by molar-refractivity contribution is 6.30. The van der Waals surface area contributed by atoms with Gasteiger partial charge in [-0.15, -0.1) is 0 Å². The largest absolute Gasteiger partial charge is 0.384 e. The van der Waals surface area contributed by atoms with E-state index in [0.29, 0.717) is 29.2 Å². The summed E-state index contributed by atoms with van der Waals surface area (Å²) in [6.45, 7) is 7.30. The molecule has 1 aliphatic heterocycles. The van der Waals surface area contributed by atoms with E-state index in [1.165, 1.54) is 0 Å². The Morgan fingerprint density at radius 2 is 1.91 bits per heavy atom. The summed E-state index contributed by atoms with van der Waals surface area (Å²) in [5, 5.41) is 26.8. The zero-order valence-corrected chi connectivity index (χ0v) is 25.0. The van der Waals surface area contributed by atoms with Gasteiger partial charge in [0.25, 0.3) is 0 Å². The molecule has 2 amide bonds. The molecule has 1 aliphatic carbocycles. The Kier molecular flexibility index (Phi) is 9.22. The highest BCUT2D eigenvalue weighted by atomic mass is 35.5. The molecule has 9 nitrogen and oxygen atoms in total. The second-order valence-electron chi connectivity index (χ2n) is 10.8. The summed E-state index contributed by atoms with van der Waals surface area (Å²) in [7, 11) is 0. The molecular weight excluding hydrogens is 562 g/mol. The lowest BCUT2D eigenvalue weighted by molar-refractivity contribution is 0.102. The highest BCUT2D eigenvalue weighted by Gasteiger charge is 2.31. The van der Waals surface area contributed by atoms with Crippen LogP contribution >= 0.6 is 11.6 Å². The number of aromatic nitrogens is 3. The van der Waals surface area contributed by atoms with Gasteiger partial charge in [0.1, 0.15) is 11.4 Å². The van der Waals surface area contributed by atoms with Crippen LogP contribution in [-0.2, 0) is 13.0 Å². The van der Waals surface area contributed by atoms with Crippen molar-refractivity contribution in [2.45, 2.75) is 32.4 Å². The molecule has 0 saturated carbocycles. The second-order valence-corrected chi connectivity index (χ2v) is 11.2. The normalized spacial score (nSPS) is 15.3. The predicted molar refractivity (Wildman–Crippen MR) is 169 cm³/mol. The van der Waals surface area contributed by atoms with E-state index in [4.69, 9.17) is 16.9 Å². The molecule has 3 heterocycles. The number of carbonyl (C=O) groups is 1. The van der Waals surface area contributed by atoms with Crippen LogP contribution in [0.25, 0.3) is 11.6 Å². The molecular formula is C33H34ClN7O2. The number of piperazine rings is 1. The fourth-order valence-corrected chi connectivity index (χ4v) is 5.40. The summed E-state index contributed by atoms with van der Waals surface area (Å²) >= 11 is 6.28. The van der Waals surface area contributed by atoms with E-state index in [0.717, 1.165) is 60.0 Å². The third-order valence-electron chi connectivity index (χ3n) is 7.60. The van der Waals surface area contributed by atoms with Crippen molar-refractivity contribution in [3.8, 4) is 6.07 Å². The Balaban J connectivity index is 0.000000188. The van der Waals surface area contributed by atoms with Crippen molar-refractivity contribution in [1.82, 2.24) is 24.8 Å². The molecule has 43 heavy (non-hydrogen) atoms. The topological polar surface area (TPSA) is 119 Å². The molecule has 1 unspecified atom stereocenters. The fraction of sp³-hybridized carbons (Fsp3) is 0.273. The summed E-state index contributed by atoms with van der Waals surface area (Å²) in [6, 6.07) is 18.6. The van der Waals surface area contributed by atoms with E-state index in [1.807, 2.05) is 67.1 Å². The minimum atomic E-state index is -1.09. The third kappa shape index (κ3) is 7.30. The number of nitrogens with one attached hydrogen (secondary N) is 2. The van der Waals surface area contributed by atoms with Crippen LogP contribution < -0.4 is 10.6 Å². The number of aliphatic hydroxyl groups is 1. The van der Waals surface area contributed by atoms with Gasteiger partial charge in [-0.1, -0.05) is 23.7 Å². The van der Waals surface area contributed by atoms with Crippen LogP contribution in [0.5, 0.6) is 0 Å². The number of imidazole rings is 1. The Morgan fingerprint density at radius 3 is 2.60 bits per heavy atom. The van der Waals surface area contributed by atoms with Crippen LogP contribution in [0.4, 0.5) is 10.5 Å². The third-order valence-corrected chi connectivity index (χ3v) is 7.83. The van der Waals surface area contributed by atoms with Gasteiger partial charge in [0.15, 0.2) is 0 Å². The molecule has 0 bridgehead atoms. The van der Waals surface area contributed by atoms with E-state index < -0.39 is 5.60 Å². The first-order valence-corrected chi connectivity index (χ1v) is 14.5. The molecule has 0 radical (unpaired) electrons. The maximum Gasteiger partial charge on any atom is 0.321 e. The number of hydrogen-bond acceptors (Lipinski definition) is 6. The van der Waals surface area contributed by atoms with Gasteiger partial charge < -0.3 is 25.2 Å². The smallest absolute Gasteiger partial charge is 0.321 e. The number of anilines is 1. The molecule has 2 aliphatic rings. The molecule has 1 saturated heterocycles. The van der Waals surface area contributed by atoms with Crippen molar-refractivity contribution in [3.63, 3.8) is 0 Å². The summed E-state index contributed by atoms with van der Waals surface area (Å²) in [6.07, 6.45) is 8.19.